The van der Waals surface area contributed by atoms with Crippen LogP contribution in [0, 0.1) is 0 Å². The Morgan fingerprint density at radius 1 is 1.37 bits per heavy atom. The molecule has 1 amide bonds. The van der Waals surface area contributed by atoms with Crippen molar-refractivity contribution in [2.24, 2.45) is 0 Å². The van der Waals surface area contributed by atoms with Crippen molar-refractivity contribution in [3.8, 4) is 0 Å². The highest BCUT2D eigenvalue weighted by Crippen LogP contribution is 2.31. The Hall–Kier alpha value is -2.20. The number of ether oxygens (including phenoxy) is 2. The summed E-state index contributed by atoms with van der Waals surface area (Å²) in [6.45, 7) is 5.75. The molecular formula is C17H21F3N2O5. The summed E-state index contributed by atoms with van der Waals surface area (Å²) in [6.07, 6.45) is -6.64. The van der Waals surface area contributed by atoms with Crippen LogP contribution in [0.15, 0.2) is 18.2 Å². The standard InChI is InChI=1S/C17H21F3N2O5/c1-15(2,3)27-13(24)12(23)16(4)14(25)22(8-9-26-16)11-7-5-6-10(21-11)17(18,19)20/h5-7,12,23H,8-9H2,1-4H3/t12?,16-/m1/s1. The van der Waals surface area contributed by atoms with Crippen molar-refractivity contribution >= 4 is 17.7 Å². The number of halogens is 3. The van der Waals surface area contributed by atoms with Gasteiger partial charge in [-0.2, -0.15) is 13.2 Å². The van der Waals surface area contributed by atoms with Crippen LogP contribution in [0.3, 0.4) is 0 Å². The summed E-state index contributed by atoms with van der Waals surface area (Å²) in [5.41, 5.74) is -4.08. The first kappa shape index (κ1) is 21.1. The molecule has 1 aliphatic rings. The van der Waals surface area contributed by atoms with Crippen LogP contribution in [0.2, 0.25) is 0 Å². The number of rotatable bonds is 3. The van der Waals surface area contributed by atoms with Crippen LogP contribution in [0.25, 0.3) is 0 Å². The van der Waals surface area contributed by atoms with E-state index in [-0.39, 0.29) is 19.0 Å². The molecule has 2 rings (SSSR count). The molecule has 1 aromatic rings. The number of anilines is 1. The number of amides is 1. The van der Waals surface area contributed by atoms with Gasteiger partial charge < -0.3 is 14.6 Å². The molecule has 150 valence electrons. The fraction of sp³-hybridized carbons (Fsp3) is 0.588. The Kier molecular flexibility index (Phi) is 5.53. The maximum absolute atomic E-state index is 12.9. The van der Waals surface area contributed by atoms with Crippen LogP contribution in [-0.2, 0) is 25.2 Å². The second-order valence-corrected chi connectivity index (χ2v) is 7.23. The number of hydrogen-bond acceptors (Lipinski definition) is 6. The molecule has 0 spiro atoms. The van der Waals surface area contributed by atoms with Crippen molar-refractivity contribution in [2.75, 3.05) is 18.1 Å². The van der Waals surface area contributed by atoms with Crippen LogP contribution in [0.5, 0.6) is 0 Å². The average Bonchev–Trinajstić information content (AvgIpc) is 2.54. The number of morpholine rings is 1. The summed E-state index contributed by atoms with van der Waals surface area (Å²) in [4.78, 5) is 29.4. The molecule has 0 saturated carbocycles. The van der Waals surface area contributed by atoms with E-state index >= 15 is 0 Å². The minimum atomic E-state index is -4.68. The van der Waals surface area contributed by atoms with Gasteiger partial charge in [0.05, 0.1) is 13.2 Å². The maximum atomic E-state index is 12.9. The van der Waals surface area contributed by atoms with Gasteiger partial charge in [0, 0.05) is 0 Å². The van der Waals surface area contributed by atoms with E-state index in [0.717, 1.165) is 17.0 Å². The Bertz CT molecular complexity index is 732. The molecule has 0 bridgehead atoms. The Labute approximate surface area is 154 Å². The first-order valence-electron chi connectivity index (χ1n) is 8.17. The molecule has 0 aliphatic carbocycles. The number of carbonyl (C=O) groups is 2. The predicted molar refractivity (Wildman–Crippen MR) is 87.8 cm³/mol. The third kappa shape index (κ3) is 4.56. The van der Waals surface area contributed by atoms with E-state index in [9.17, 15) is 27.9 Å². The van der Waals surface area contributed by atoms with Gasteiger partial charge in [-0.1, -0.05) is 6.07 Å². The number of aliphatic hydroxyl groups excluding tert-OH is 1. The lowest BCUT2D eigenvalue weighted by Gasteiger charge is -2.41. The van der Waals surface area contributed by atoms with Crippen molar-refractivity contribution in [3.05, 3.63) is 23.9 Å². The number of nitrogens with zero attached hydrogens (tertiary/aromatic N) is 2. The first-order chi connectivity index (χ1) is 12.3. The van der Waals surface area contributed by atoms with Gasteiger partial charge in [0.15, 0.2) is 11.7 Å². The summed E-state index contributed by atoms with van der Waals surface area (Å²) < 4.78 is 49.1. The molecule has 1 saturated heterocycles. The van der Waals surface area contributed by atoms with E-state index in [1.165, 1.54) is 13.0 Å². The lowest BCUT2D eigenvalue weighted by molar-refractivity contribution is -0.191. The van der Waals surface area contributed by atoms with Crippen molar-refractivity contribution in [1.82, 2.24) is 4.98 Å². The zero-order valence-corrected chi connectivity index (χ0v) is 15.3. The number of hydrogen-bond donors (Lipinski definition) is 1. The number of aliphatic hydroxyl groups is 1. The fourth-order valence-electron chi connectivity index (χ4n) is 2.51. The highest BCUT2D eigenvalue weighted by atomic mass is 19.4. The summed E-state index contributed by atoms with van der Waals surface area (Å²) in [5.74, 6) is -2.21. The molecular weight excluding hydrogens is 369 g/mol. The third-order valence-electron chi connectivity index (χ3n) is 3.84. The molecule has 27 heavy (non-hydrogen) atoms. The zero-order chi connectivity index (χ0) is 20.6. The third-order valence-corrected chi connectivity index (χ3v) is 3.84. The normalized spacial score (nSPS) is 22.5. The molecule has 7 nitrogen and oxygen atoms in total. The molecule has 1 aliphatic heterocycles. The summed E-state index contributed by atoms with van der Waals surface area (Å²) in [7, 11) is 0. The second kappa shape index (κ2) is 7.08. The summed E-state index contributed by atoms with van der Waals surface area (Å²) in [5, 5.41) is 10.3. The molecule has 1 aromatic heterocycles. The Balaban J connectivity index is 2.31. The van der Waals surface area contributed by atoms with Crippen LogP contribution in [0.1, 0.15) is 33.4 Å². The van der Waals surface area contributed by atoms with Gasteiger partial charge in [-0.3, -0.25) is 9.69 Å². The minimum Gasteiger partial charge on any atom is -0.458 e. The molecule has 1 fully saturated rings. The number of alkyl halides is 3. The topological polar surface area (TPSA) is 89.0 Å². The van der Waals surface area contributed by atoms with Crippen molar-refractivity contribution in [1.29, 1.82) is 0 Å². The van der Waals surface area contributed by atoms with Crippen LogP contribution in [0.4, 0.5) is 19.0 Å². The SMILES string of the molecule is CC(C)(C)OC(=O)C(O)[C@@]1(C)OCCN(c2cccc(C(F)(F)F)n2)C1=O. The molecule has 2 atom stereocenters. The smallest absolute Gasteiger partial charge is 0.433 e. The van der Waals surface area contributed by atoms with Crippen molar-refractivity contribution in [3.63, 3.8) is 0 Å². The molecule has 2 heterocycles. The summed E-state index contributed by atoms with van der Waals surface area (Å²) in [6, 6.07) is 3.14. The van der Waals surface area contributed by atoms with E-state index in [2.05, 4.69) is 4.98 Å². The molecule has 1 unspecified atom stereocenters. The largest absolute Gasteiger partial charge is 0.458 e. The van der Waals surface area contributed by atoms with Gasteiger partial charge in [0.25, 0.3) is 5.91 Å². The van der Waals surface area contributed by atoms with Crippen LogP contribution >= 0.6 is 0 Å². The quantitative estimate of drug-likeness (QED) is 0.794. The van der Waals surface area contributed by atoms with E-state index < -0.39 is 41.1 Å². The maximum Gasteiger partial charge on any atom is 0.433 e. The van der Waals surface area contributed by atoms with E-state index in [1.807, 2.05) is 0 Å². The van der Waals surface area contributed by atoms with Gasteiger partial charge in [-0.05, 0) is 39.8 Å². The Morgan fingerprint density at radius 3 is 2.56 bits per heavy atom. The van der Waals surface area contributed by atoms with E-state index in [4.69, 9.17) is 9.47 Å². The first-order valence-corrected chi connectivity index (χ1v) is 8.17. The number of pyridine rings is 1. The molecule has 10 heteroatoms. The lowest BCUT2D eigenvalue weighted by atomic mass is 9.95. The highest BCUT2D eigenvalue weighted by molar-refractivity contribution is 6.02. The minimum absolute atomic E-state index is 0.0796. The van der Waals surface area contributed by atoms with Gasteiger partial charge in [0.1, 0.15) is 17.1 Å². The van der Waals surface area contributed by atoms with Gasteiger partial charge >= 0.3 is 12.1 Å². The summed E-state index contributed by atoms with van der Waals surface area (Å²) >= 11 is 0. The van der Waals surface area contributed by atoms with Crippen molar-refractivity contribution < 1.29 is 37.3 Å². The average molecular weight is 390 g/mol. The molecule has 0 radical (unpaired) electrons. The fourth-order valence-corrected chi connectivity index (χ4v) is 2.51. The predicted octanol–water partition coefficient (Wildman–Crippen LogP) is 1.92. The van der Waals surface area contributed by atoms with E-state index in [0.29, 0.717) is 0 Å². The van der Waals surface area contributed by atoms with Gasteiger partial charge in [-0.15, -0.1) is 0 Å². The van der Waals surface area contributed by atoms with Gasteiger partial charge in [0.2, 0.25) is 0 Å². The number of esters is 1. The lowest BCUT2D eigenvalue weighted by Crippen LogP contribution is -2.63. The Morgan fingerprint density at radius 2 is 2.00 bits per heavy atom. The zero-order valence-electron chi connectivity index (χ0n) is 15.3. The number of aromatic nitrogens is 1. The second-order valence-electron chi connectivity index (χ2n) is 7.23. The highest BCUT2D eigenvalue weighted by Gasteiger charge is 2.52. The monoisotopic (exact) mass is 390 g/mol. The van der Waals surface area contributed by atoms with Crippen LogP contribution < -0.4 is 4.90 Å². The van der Waals surface area contributed by atoms with Gasteiger partial charge in [-0.25, -0.2) is 9.78 Å². The van der Waals surface area contributed by atoms with E-state index in [1.54, 1.807) is 20.8 Å². The molecule has 1 N–H and O–H groups in total. The van der Waals surface area contributed by atoms with Crippen molar-refractivity contribution in [2.45, 2.75) is 51.2 Å². The molecule has 0 aromatic carbocycles. The number of carbonyl (C=O) groups excluding carboxylic acids is 2. The van der Waals surface area contributed by atoms with Crippen LogP contribution in [-0.4, -0.2) is 52.4 Å².